The summed E-state index contributed by atoms with van der Waals surface area (Å²) in [4.78, 5) is 111. The number of aromatic nitrogens is 3. The van der Waals surface area contributed by atoms with E-state index in [0.29, 0.717) is 135 Å². The molecule has 2 aromatic heterocycles. The number of hydrogen-bond acceptors (Lipinski definition) is 21. The van der Waals surface area contributed by atoms with Gasteiger partial charge in [-0.05, 0) is 200 Å². The molecule has 0 aliphatic carbocycles. The van der Waals surface area contributed by atoms with E-state index in [-0.39, 0.29) is 84.1 Å². The van der Waals surface area contributed by atoms with Crippen molar-refractivity contribution in [2.75, 3.05) is 64.2 Å². The van der Waals surface area contributed by atoms with E-state index >= 15 is 0 Å². The first-order valence-corrected chi connectivity index (χ1v) is 48.4. The van der Waals surface area contributed by atoms with Gasteiger partial charge in [0.2, 0.25) is 29.6 Å². The lowest BCUT2D eigenvalue weighted by atomic mass is 10.00. The number of anilines is 2. The summed E-state index contributed by atoms with van der Waals surface area (Å²) in [6.45, 7) is 64.4. The Hall–Kier alpha value is -9.13. The second kappa shape index (κ2) is 86.5. The van der Waals surface area contributed by atoms with Crippen LogP contribution < -0.4 is 26.4 Å². The quantitative estimate of drug-likeness (QED) is 0.0138. The van der Waals surface area contributed by atoms with E-state index in [9.17, 15) is 61.4 Å². The number of carbonyl (C=O) groups excluding carboxylic acids is 8. The van der Waals surface area contributed by atoms with Crippen LogP contribution in [0.25, 0.3) is 0 Å². The number of likely N-dealkylation sites (tertiary alicyclic amines) is 1. The Balaban J connectivity index is -0.000000267. The molecule has 1 saturated heterocycles. The Morgan fingerprint density at radius 1 is 0.526 bits per heavy atom. The molecule has 135 heavy (non-hydrogen) atoms. The van der Waals surface area contributed by atoms with Crippen molar-refractivity contribution in [1.29, 1.82) is 0 Å². The number of nitrogens with one attached hydrogen (secondary N) is 3. The van der Waals surface area contributed by atoms with E-state index in [1.807, 2.05) is 222 Å². The maximum atomic E-state index is 11.6. The fourth-order valence-electron chi connectivity index (χ4n) is 10.3. The lowest BCUT2D eigenvalue weighted by molar-refractivity contribution is -0.207. The number of methoxy groups -OCH3 is 2. The number of pyridine rings is 1. The third-order valence-electron chi connectivity index (χ3n) is 16.5. The zero-order chi connectivity index (χ0) is 105. The van der Waals surface area contributed by atoms with Gasteiger partial charge in [-0.1, -0.05) is 247 Å². The molecule has 0 spiro atoms. The first-order valence-electron chi connectivity index (χ1n) is 47.6. The Bertz CT molecular complexity index is 3700. The Kier molecular flexibility index (Phi) is 88.9. The van der Waals surface area contributed by atoms with Gasteiger partial charge in [-0.2, -0.15) is 13.2 Å². The van der Waals surface area contributed by atoms with Crippen LogP contribution in [0.15, 0.2) is 120 Å². The Morgan fingerprint density at radius 3 is 1.34 bits per heavy atom. The van der Waals surface area contributed by atoms with Gasteiger partial charge in [0.05, 0.1) is 43.2 Å². The van der Waals surface area contributed by atoms with E-state index < -0.39 is 24.2 Å². The van der Waals surface area contributed by atoms with Gasteiger partial charge in [0.25, 0.3) is 0 Å². The minimum atomic E-state index is -4.45. The number of primary amides is 1. The highest BCUT2D eigenvalue weighted by Gasteiger charge is 2.38. The highest BCUT2D eigenvalue weighted by molar-refractivity contribution is 9.10. The van der Waals surface area contributed by atoms with Gasteiger partial charge >= 0.3 is 36.0 Å². The molecule has 0 saturated carbocycles. The van der Waals surface area contributed by atoms with Crippen molar-refractivity contribution in [3.05, 3.63) is 143 Å². The normalized spacial score (nSPS) is 11.4. The number of carboxylic acids is 1. The molecule has 26 nitrogen and oxygen atoms in total. The number of carboxylic acid groups (broad SMARTS) is 1. The predicted octanol–water partition coefficient (Wildman–Crippen LogP) is 23.2. The van der Waals surface area contributed by atoms with Crippen molar-refractivity contribution < 1.29 is 100 Å². The number of hydrogen-bond donors (Lipinski definition) is 8. The molecule has 2 atom stereocenters. The van der Waals surface area contributed by atoms with Crippen LogP contribution in [0.1, 0.15) is 318 Å². The van der Waals surface area contributed by atoms with Crippen molar-refractivity contribution in [1.82, 2.24) is 25.2 Å². The highest BCUT2D eigenvalue weighted by Crippen LogP contribution is 2.25. The van der Waals surface area contributed by atoms with Crippen LogP contribution in [-0.2, 0) is 70.3 Å². The molecule has 0 bridgehead atoms. The minimum absolute atomic E-state index is 0.0197. The summed E-state index contributed by atoms with van der Waals surface area (Å²) < 4.78 is 60.0. The van der Waals surface area contributed by atoms with E-state index in [1.54, 1.807) is 38.4 Å². The largest absolute Gasteiger partial charge is 0.487 e. The number of esters is 4. The summed E-state index contributed by atoms with van der Waals surface area (Å²) in [6.07, 6.45) is 5.02. The average Bonchev–Trinajstić information content (AvgIpc) is 1.23. The molecule has 1 aliphatic heterocycles. The van der Waals surface area contributed by atoms with Gasteiger partial charge in [-0.25, -0.2) is 19.7 Å². The van der Waals surface area contributed by atoms with E-state index in [1.165, 1.54) is 32.6 Å². The number of aliphatic carboxylic acids is 1. The lowest BCUT2D eigenvalue weighted by Crippen LogP contribution is -2.29. The van der Waals surface area contributed by atoms with Gasteiger partial charge in [-0.15, -0.1) is 0 Å². The number of halogens is 4. The first-order chi connectivity index (χ1) is 62.7. The summed E-state index contributed by atoms with van der Waals surface area (Å²) in [6, 6.07) is 32.5. The number of benzene rings is 3. The van der Waals surface area contributed by atoms with Gasteiger partial charge in [0.1, 0.15) is 24.2 Å². The van der Waals surface area contributed by atoms with Gasteiger partial charge in [0.15, 0.2) is 0 Å². The Labute approximate surface area is 819 Å². The maximum Gasteiger partial charge on any atom is 0.414 e. The van der Waals surface area contributed by atoms with E-state index in [0.717, 1.165) is 66.9 Å². The number of carbonyl (C=O) groups is 9. The molecular weight excluding hydrogens is 1800 g/mol. The van der Waals surface area contributed by atoms with Gasteiger partial charge < -0.3 is 70.7 Å². The molecule has 0 radical (unpaired) electrons. The summed E-state index contributed by atoms with van der Waals surface area (Å²) in [5.41, 5.74) is 9.00. The monoisotopic (exact) mass is 1980 g/mol. The zero-order valence-electron chi connectivity index (χ0n) is 88.2. The van der Waals surface area contributed by atoms with E-state index in [4.69, 9.17) is 35.3 Å². The maximum absolute atomic E-state index is 11.6. The minimum Gasteiger partial charge on any atom is -0.487 e. The van der Waals surface area contributed by atoms with Gasteiger partial charge in [0, 0.05) is 102 Å². The fraction of sp³-hybridized carbons (Fsp3) is 0.657. The zero-order valence-corrected chi connectivity index (χ0v) is 89.8. The summed E-state index contributed by atoms with van der Waals surface area (Å²) in [5.74, 6) is 5.70. The van der Waals surface area contributed by atoms with Crippen LogP contribution in [0.4, 0.5) is 24.8 Å². The van der Waals surface area contributed by atoms with Crippen LogP contribution in [0, 0.1) is 76.9 Å². The van der Waals surface area contributed by atoms with Crippen molar-refractivity contribution in [2.45, 2.75) is 322 Å². The highest BCUT2D eigenvalue weighted by atomic mass is 79.9. The third-order valence-corrected chi connectivity index (χ3v) is 16.9. The number of nitrogens with zero attached hydrogens (tertiary/aromatic N) is 4. The predicted molar refractivity (Wildman–Crippen MR) is 544 cm³/mol. The number of rotatable bonds is 35. The summed E-state index contributed by atoms with van der Waals surface area (Å²) in [5, 5.41) is 43.0. The number of alkyl halides is 3. The number of ether oxygens (including phenoxy) is 5. The van der Waals surface area contributed by atoms with Crippen LogP contribution in [-0.4, -0.2) is 166 Å². The number of nitrogens with two attached hydrogens (primary N) is 1. The molecule has 5 aromatic rings. The van der Waals surface area contributed by atoms with Gasteiger partial charge in [-0.3, -0.25) is 38.4 Å². The van der Waals surface area contributed by atoms with E-state index in [2.05, 4.69) is 124 Å². The second-order valence-electron chi connectivity index (χ2n) is 37.7. The molecule has 776 valence electrons. The first kappa shape index (κ1) is 139. The van der Waals surface area contributed by atoms with Crippen molar-refractivity contribution >= 4 is 81.0 Å². The molecular formula is C105H180BrF3N8O18. The van der Waals surface area contributed by atoms with Crippen molar-refractivity contribution in [3.8, 4) is 5.75 Å². The number of para-hydroxylation sites is 1. The average molecular weight is 1980 g/mol. The third kappa shape index (κ3) is 101. The number of aliphatic hydroxyl groups is 3. The Morgan fingerprint density at radius 2 is 0.993 bits per heavy atom. The molecule has 1 fully saturated rings. The molecule has 4 amide bonds. The molecule has 1 aliphatic rings. The molecule has 9 N–H and O–H groups in total. The smallest absolute Gasteiger partial charge is 0.414 e. The molecule has 6 rings (SSSR count). The summed E-state index contributed by atoms with van der Waals surface area (Å²) >= 11 is 3.27. The van der Waals surface area contributed by atoms with Crippen LogP contribution >= 0.6 is 15.9 Å². The van der Waals surface area contributed by atoms with Crippen LogP contribution in [0.3, 0.4) is 0 Å². The van der Waals surface area contributed by atoms with Crippen molar-refractivity contribution in [3.63, 3.8) is 0 Å². The standard InChI is InChI=1S/C18H21NO3.C11H15NO.C10H14O.C9H17NO.C8H12BrN3.C8H16O2.C7H15NO.C7H14O2.C6H11F3O.C6H12O2.C5H11NO.C5H10O2.C5H12O/c1-13(2)11-14-7-9-16(10-8-14)22-12-15-5-4-6-17(19-15)18(20)21-3;1-9(2)8-11(13)12-10-6-4-3-5-7-10;1-8(2)10(11)9-6-4-3-5-7-9;1-8(2)7-9(11)10-5-3-4-6-10;1-6(2)3-10-8-11-4-7(9)5-12-8;1-6(2)5-8(9)10-7(3)4;1-4-8-7(9)5-6(2)3;1-4-9-7(8)5-6(2)3;1-4(2)3-5(10)6(7,8)9;1-5(2)4-6(7)8-3;2*1-4(2)3-5(6)7;1-5(2)3-4-6/h4-10,13H,11-12H2,1-3H3;3-7,9H,8H2,1-2H3,(H,12,13);3-8,10-11H,1-2H3;8H,3-7H2,1-2H3;4-6H,3H2,1-2H3,(H,10,11,12);6-7H,5H2,1-4H3;6H,4-5H2,1-3H3,(H,8,9);6H,4-5H2,1-3H3;4-5,10H,3H2,1-2H3;5H,4H2,1-3H3;4H,3H2,1-2H3,(H2,6,7);4H,3H2,1-2H3,(H,6,7);5-6H,3-4H2,1-2H3. The molecule has 30 heteroatoms. The summed E-state index contributed by atoms with van der Waals surface area (Å²) in [7, 11) is 2.75. The van der Waals surface area contributed by atoms with Crippen LogP contribution in [0.2, 0.25) is 0 Å². The fourth-order valence-corrected chi connectivity index (χ4v) is 10.5. The SMILES string of the molecule is CC(C)C(O)c1ccccc1.CC(C)CC(=O)N1CCCC1.CC(C)CC(=O)Nc1ccccc1.CC(C)CC(=O)O.CC(C)CC(=O)OC(C)C.CC(C)CC(N)=O.CC(C)CC(O)C(F)(F)F.CC(C)CCO.CC(C)CNc1ncc(Br)cn1.CCNC(=O)CC(C)C.CCOC(=O)CC(C)C.COC(=O)CC(C)C.COC(=O)c1cccc(COc2ccc(CC(C)C)cc2)n1. The second-order valence-corrected chi connectivity index (χ2v) is 38.7. The van der Waals surface area contributed by atoms with Crippen LogP contribution in [0.5, 0.6) is 5.75 Å². The topological polar surface area (TPSA) is 385 Å². The molecule has 2 unspecified atom stereocenters. The molecule has 3 aromatic carbocycles. The number of amides is 4. The molecule has 3 heterocycles. The lowest BCUT2D eigenvalue weighted by Gasteiger charge is -2.16. The number of aliphatic hydroxyl groups excluding tert-OH is 3. The van der Waals surface area contributed by atoms with Crippen molar-refractivity contribution in [2.24, 2.45) is 82.7 Å².